The molecule has 4 nitrogen and oxygen atoms in total. The maximum Gasteiger partial charge on any atom is 0.244 e. The average Bonchev–Trinajstić information content (AvgIpc) is 2.81. The first kappa shape index (κ1) is 14.0. The summed E-state index contributed by atoms with van der Waals surface area (Å²) < 4.78 is 27.0. The third kappa shape index (κ3) is 2.61. The zero-order chi connectivity index (χ0) is 13.3. The van der Waals surface area contributed by atoms with Crippen molar-refractivity contribution in [3.63, 3.8) is 0 Å². The van der Waals surface area contributed by atoms with Crippen LogP contribution in [0.5, 0.6) is 0 Å². The third-order valence-corrected chi connectivity index (χ3v) is 6.07. The Morgan fingerprint density at radius 3 is 2.83 bits per heavy atom. The molecule has 0 bridgehead atoms. The molecule has 1 aromatic rings. The van der Waals surface area contributed by atoms with Gasteiger partial charge in [-0.15, -0.1) is 0 Å². The second-order valence-electron chi connectivity index (χ2n) is 4.63. The van der Waals surface area contributed by atoms with Gasteiger partial charge in [-0.05, 0) is 52.9 Å². The van der Waals surface area contributed by atoms with E-state index in [0.29, 0.717) is 22.5 Å². The van der Waals surface area contributed by atoms with Gasteiger partial charge in [0.15, 0.2) is 0 Å². The molecule has 0 amide bonds. The molecule has 2 rings (SSSR count). The van der Waals surface area contributed by atoms with Crippen LogP contribution in [0.3, 0.4) is 0 Å². The Morgan fingerprint density at radius 1 is 1.50 bits per heavy atom. The van der Waals surface area contributed by atoms with Crippen molar-refractivity contribution in [2.45, 2.75) is 18.2 Å². The summed E-state index contributed by atoms with van der Waals surface area (Å²) >= 11 is 3.29. The highest BCUT2D eigenvalue weighted by Crippen LogP contribution is 2.29. The molecule has 1 N–H and O–H groups in total. The minimum absolute atomic E-state index is 0.0427. The minimum Gasteiger partial charge on any atom is -0.396 e. The van der Waals surface area contributed by atoms with E-state index in [9.17, 15) is 8.42 Å². The Kier molecular flexibility index (Phi) is 4.11. The minimum atomic E-state index is -3.46. The van der Waals surface area contributed by atoms with Gasteiger partial charge in [0.25, 0.3) is 0 Å². The number of hydrogen-bond acceptors (Lipinski definition) is 3. The Balaban J connectivity index is 2.34. The zero-order valence-corrected chi connectivity index (χ0v) is 12.5. The van der Waals surface area contributed by atoms with E-state index in [1.807, 2.05) is 13.0 Å². The van der Waals surface area contributed by atoms with Crippen LogP contribution in [-0.2, 0) is 10.0 Å². The van der Waals surface area contributed by atoms with Crippen molar-refractivity contribution in [1.82, 2.24) is 4.31 Å². The summed E-state index contributed by atoms with van der Waals surface area (Å²) in [6.45, 7) is 2.79. The first-order valence-electron chi connectivity index (χ1n) is 5.82. The fourth-order valence-corrected chi connectivity index (χ4v) is 4.65. The SMILES string of the molecule is Cc1ccc(Br)c(S(=O)(=O)N2CCC(CO)C2)c1. The van der Waals surface area contributed by atoms with Crippen LogP contribution in [0.1, 0.15) is 12.0 Å². The van der Waals surface area contributed by atoms with Crippen molar-refractivity contribution < 1.29 is 13.5 Å². The standard InChI is InChI=1S/C12H16BrNO3S/c1-9-2-3-11(13)12(6-9)18(16,17)14-5-4-10(7-14)8-15/h2-3,6,10,15H,4-5,7-8H2,1H3. The molecular formula is C12H16BrNO3S. The van der Waals surface area contributed by atoms with Crippen molar-refractivity contribution in [3.05, 3.63) is 28.2 Å². The number of aliphatic hydroxyl groups is 1. The van der Waals surface area contributed by atoms with E-state index < -0.39 is 10.0 Å². The Hall–Kier alpha value is -0.430. The molecule has 1 aliphatic heterocycles. The molecule has 0 saturated carbocycles. The number of aryl methyl sites for hydroxylation is 1. The lowest BCUT2D eigenvalue weighted by molar-refractivity contribution is 0.233. The fourth-order valence-electron chi connectivity index (χ4n) is 2.11. The third-order valence-electron chi connectivity index (χ3n) is 3.21. The van der Waals surface area contributed by atoms with Crippen LogP contribution in [-0.4, -0.2) is 37.5 Å². The number of nitrogens with zero attached hydrogens (tertiary/aromatic N) is 1. The van der Waals surface area contributed by atoms with Gasteiger partial charge in [-0.1, -0.05) is 6.07 Å². The van der Waals surface area contributed by atoms with Crippen molar-refractivity contribution in [3.8, 4) is 0 Å². The summed E-state index contributed by atoms with van der Waals surface area (Å²) in [6, 6.07) is 5.29. The molecule has 1 fully saturated rings. The maximum absolute atomic E-state index is 12.5. The molecule has 0 radical (unpaired) electrons. The van der Waals surface area contributed by atoms with Crippen molar-refractivity contribution >= 4 is 26.0 Å². The van der Waals surface area contributed by atoms with Gasteiger partial charge in [0.2, 0.25) is 10.0 Å². The summed E-state index contributed by atoms with van der Waals surface area (Å²) in [5.41, 5.74) is 0.912. The quantitative estimate of drug-likeness (QED) is 0.916. The summed E-state index contributed by atoms with van der Waals surface area (Å²) in [4.78, 5) is 0.307. The van der Waals surface area contributed by atoms with Gasteiger partial charge < -0.3 is 5.11 Å². The number of hydrogen-bond donors (Lipinski definition) is 1. The lowest BCUT2D eigenvalue weighted by Gasteiger charge is -2.17. The van der Waals surface area contributed by atoms with Crippen LogP contribution < -0.4 is 0 Å². The molecule has 0 aromatic heterocycles. The first-order valence-corrected chi connectivity index (χ1v) is 8.05. The lowest BCUT2D eigenvalue weighted by Crippen LogP contribution is -2.29. The summed E-state index contributed by atoms with van der Waals surface area (Å²) in [5.74, 6) is 0.0587. The molecule has 1 heterocycles. The fraction of sp³-hybridized carbons (Fsp3) is 0.500. The molecule has 1 atom stereocenters. The van der Waals surface area contributed by atoms with Gasteiger partial charge in [0.1, 0.15) is 0 Å². The highest BCUT2D eigenvalue weighted by atomic mass is 79.9. The van der Waals surface area contributed by atoms with E-state index in [0.717, 1.165) is 12.0 Å². The predicted octanol–water partition coefficient (Wildman–Crippen LogP) is 1.76. The molecular weight excluding hydrogens is 318 g/mol. The van der Waals surface area contributed by atoms with Gasteiger partial charge in [0, 0.05) is 24.2 Å². The van der Waals surface area contributed by atoms with Gasteiger partial charge in [-0.3, -0.25) is 0 Å². The number of rotatable bonds is 3. The lowest BCUT2D eigenvalue weighted by atomic mass is 10.1. The summed E-state index contributed by atoms with van der Waals surface area (Å²) in [6.07, 6.45) is 0.721. The van der Waals surface area contributed by atoms with Crippen molar-refractivity contribution in [2.75, 3.05) is 19.7 Å². The molecule has 6 heteroatoms. The van der Waals surface area contributed by atoms with E-state index in [4.69, 9.17) is 5.11 Å². The molecule has 0 aliphatic carbocycles. The molecule has 0 spiro atoms. The molecule has 1 aromatic carbocycles. The number of halogens is 1. The van der Waals surface area contributed by atoms with Crippen LogP contribution in [0, 0.1) is 12.8 Å². The second kappa shape index (κ2) is 5.28. The smallest absolute Gasteiger partial charge is 0.244 e. The highest BCUT2D eigenvalue weighted by Gasteiger charge is 2.33. The largest absolute Gasteiger partial charge is 0.396 e. The van der Waals surface area contributed by atoms with Crippen molar-refractivity contribution in [2.24, 2.45) is 5.92 Å². The van der Waals surface area contributed by atoms with E-state index in [-0.39, 0.29) is 12.5 Å². The predicted molar refractivity (Wildman–Crippen MR) is 72.8 cm³/mol. The second-order valence-corrected chi connectivity index (χ2v) is 7.39. The summed E-state index contributed by atoms with van der Waals surface area (Å²) in [5, 5.41) is 9.09. The maximum atomic E-state index is 12.5. The van der Waals surface area contributed by atoms with Crippen LogP contribution >= 0.6 is 15.9 Å². The first-order chi connectivity index (χ1) is 8.45. The topological polar surface area (TPSA) is 57.6 Å². The van der Waals surface area contributed by atoms with E-state index in [1.165, 1.54) is 4.31 Å². The highest BCUT2D eigenvalue weighted by molar-refractivity contribution is 9.10. The monoisotopic (exact) mass is 333 g/mol. The molecule has 1 aliphatic rings. The van der Waals surface area contributed by atoms with Crippen LogP contribution in [0.4, 0.5) is 0 Å². The Morgan fingerprint density at radius 2 is 2.22 bits per heavy atom. The van der Waals surface area contributed by atoms with E-state index in [1.54, 1.807) is 12.1 Å². The van der Waals surface area contributed by atoms with Gasteiger partial charge >= 0.3 is 0 Å². The van der Waals surface area contributed by atoms with E-state index >= 15 is 0 Å². The molecule has 18 heavy (non-hydrogen) atoms. The van der Waals surface area contributed by atoms with Crippen molar-refractivity contribution in [1.29, 1.82) is 0 Å². The van der Waals surface area contributed by atoms with Crippen LogP contribution in [0.25, 0.3) is 0 Å². The van der Waals surface area contributed by atoms with E-state index in [2.05, 4.69) is 15.9 Å². The average molecular weight is 334 g/mol. The van der Waals surface area contributed by atoms with Crippen LogP contribution in [0.15, 0.2) is 27.6 Å². The Bertz CT molecular complexity index is 544. The van der Waals surface area contributed by atoms with Gasteiger partial charge in [0.05, 0.1) is 4.90 Å². The molecule has 1 saturated heterocycles. The zero-order valence-electron chi connectivity index (χ0n) is 10.1. The number of aliphatic hydroxyl groups excluding tert-OH is 1. The van der Waals surface area contributed by atoms with Crippen LogP contribution in [0.2, 0.25) is 0 Å². The number of benzene rings is 1. The number of sulfonamides is 1. The van der Waals surface area contributed by atoms with Gasteiger partial charge in [-0.2, -0.15) is 4.31 Å². The van der Waals surface area contributed by atoms with Gasteiger partial charge in [-0.25, -0.2) is 8.42 Å². The Labute approximate surface area is 116 Å². The normalized spacial score (nSPS) is 21.4. The molecule has 100 valence electrons. The summed E-state index contributed by atoms with van der Waals surface area (Å²) in [7, 11) is -3.46. The molecule has 1 unspecified atom stereocenters.